The van der Waals surface area contributed by atoms with Crippen molar-refractivity contribution in [1.82, 2.24) is 19.9 Å². The standard InChI is InChI=1S/C27H27F3N4O/c1-18-3-8-22(24-31-12-2-13-32-24)23(15-18)25(35)34-14-11-26(9-10-26)16-21(34)7-6-20-5-4-19(17-33-20)27(28,29)30/h2-5,8,12-13,15,17,21H,6-7,9-11,14,16H2,1H3/t21-/m1/s1. The summed E-state index contributed by atoms with van der Waals surface area (Å²) >= 11 is 0. The molecule has 1 aliphatic carbocycles. The van der Waals surface area contributed by atoms with E-state index < -0.39 is 11.7 Å². The van der Waals surface area contributed by atoms with E-state index in [0.29, 0.717) is 47.4 Å². The van der Waals surface area contributed by atoms with Crippen LogP contribution in [0.3, 0.4) is 0 Å². The van der Waals surface area contributed by atoms with Crippen LogP contribution in [0.4, 0.5) is 13.2 Å². The fourth-order valence-electron chi connectivity index (χ4n) is 5.09. The van der Waals surface area contributed by atoms with Gasteiger partial charge < -0.3 is 4.90 Å². The van der Waals surface area contributed by atoms with E-state index in [1.54, 1.807) is 18.5 Å². The van der Waals surface area contributed by atoms with E-state index in [1.165, 1.54) is 18.9 Å². The van der Waals surface area contributed by atoms with Crippen molar-refractivity contribution in [2.45, 2.75) is 57.7 Å². The largest absolute Gasteiger partial charge is 0.417 e. The van der Waals surface area contributed by atoms with E-state index in [-0.39, 0.29) is 11.9 Å². The Kier molecular flexibility index (Phi) is 6.07. The Bertz CT molecular complexity index is 1210. The van der Waals surface area contributed by atoms with Crippen molar-refractivity contribution in [3.63, 3.8) is 0 Å². The molecule has 5 nitrogen and oxygen atoms in total. The molecule has 1 saturated carbocycles. The van der Waals surface area contributed by atoms with Gasteiger partial charge in [0.25, 0.3) is 5.91 Å². The Morgan fingerprint density at radius 3 is 2.51 bits per heavy atom. The number of likely N-dealkylation sites (tertiary alicyclic amines) is 1. The summed E-state index contributed by atoms with van der Waals surface area (Å²) in [5.41, 5.74) is 2.44. The Hall–Kier alpha value is -3.29. The first kappa shape index (κ1) is 23.5. The van der Waals surface area contributed by atoms with Gasteiger partial charge in [-0.15, -0.1) is 0 Å². The number of rotatable bonds is 5. The van der Waals surface area contributed by atoms with Gasteiger partial charge in [-0.1, -0.05) is 17.7 Å². The van der Waals surface area contributed by atoms with Crippen molar-refractivity contribution in [2.24, 2.45) is 5.41 Å². The number of pyridine rings is 1. The second-order valence-electron chi connectivity index (χ2n) is 9.80. The first-order valence-electron chi connectivity index (χ1n) is 12.0. The van der Waals surface area contributed by atoms with Crippen molar-refractivity contribution in [2.75, 3.05) is 6.54 Å². The van der Waals surface area contributed by atoms with Gasteiger partial charge in [0.1, 0.15) is 0 Å². The van der Waals surface area contributed by atoms with Crippen molar-refractivity contribution in [3.05, 3.63) is 77.4 Å². The highest BCUT2D eigenvalue weighted by Crippen LogP contribution is 2.55. The van der Waals surface area contributed by atoms with Gasteiger partial charge in [-0.25, -0.2) is 9.97 Å². The van der Waals surface area contributed by atoms with Gasteiger partial charge in [0.05, 0.1) is 11.1 Å². The number of aryl methyl sites for hydroxylation is 2. The summed E-state index contributed by atoms with van der Waals surface area (Å²) in [6.45, 7) is 2.63. The highest BCUT2D eigenvalue weighted by Gasteiger charge is 2.49. The molecule has 35 heavy (non-hydrogen) atoms. The van der Waals surface area contributed by atoms with E-state index in [2.05, 4.69) is 15.0 Å². The van der Waals surface area contributed by atoms with Gasteiger partial charge in [0.2, 0.25) is 0 Å². The maximum atomic E-state index is 13.9. The number of nitrogens with zero attached hydrogens (tertiary/aromatic N) is 4. The molecule has 1 spiro atoms. The average molecular weight is 481 g/mol. The van der Waals surface area contributed by atoms with E-state index in [9.17, 15) is 18.0 Å². The van der Waals surface area contributed by atoms with Crippen LogP contribution in [0.5, 0.6) is 0 Å². The summed E-state index contributed by atoms with van der Waals surface area (Å²) in [4.78, 5) is 28.6. The van der Waals surface area contributed by atoms with Crippen molar-refractivity contribution in [1.29, 1.82) is 0 Å². The number of amides is 1. The third-order valence-electron chi connectivity index (χ3n) is 7.31. The normalized spacial score (nSPS) is 19.1. The minimum atomic E-state index is -4.40. The van der Waals surface area contributed by atoms with Gasteiger partial charge in [0.15, 0.2) is 5.82 Å². The zero-order valence-electron chi connectivity index (χ0n) is 19.6. The second-order valence-corrected chi connectivity index (χ2v) is 9.80. The molecule has 0 N–H and O–H groups in total. The van der Waals surface area contributed by atoms with Crippen LogP contribution in [0, 0.1) is 12.3 Å². The van der Waals surface area contributed by atoms with Crippen LogP contribution in [-0.2, 0) is 12.6 Å². The summed E-state index contributed by atoms with van der Waals surface area (Å²) in [5, 5.41) is 0. The molecule has 1 aromatic carbocycles. The quantitative estimate of drug-likeness (QED) is 0.457. The molecule has 1 aliphatic heterocycles. The van der Waals surface area contributed by atoms with Crippen LogP contribution >= 0.6 is 0 Å². The molecule has 0 unspecified atom stereocenters. The molecule has 8 heteroatoms. The Morgan fingerprint density at radius 1 is 1.09 bits per heavy atom. The lowest BCUT2D eigenvalue weighted by molar-refractivity contribution is -0.137. The SMILES string of the molecule is Cc1ccc(-c2ncccn2)c(C(=O)N2CCC3(CC3)C[C@H]2CCc2ccc(C(F)(F)F)cn2)c1. The highest BCUT2D eigenvalue weighted by atomic mass is 19.4. The summed E-state index contributed by atoms with van der Waals surface area (Å²) in [6.07, 6.45) is 5.25. The molecule has 3 aromatic rings. The van der Waals surface area contributed by atoms with Crippen LogP contribution in [0.15, 0.2) is 55.0 Å². The number of halogens is 3. The molecule has 3 heterocycles. The number of aromatic nitrogens is 3. The predicted molar refractivity (Wildman–Crippen MR) is 125 cm³/mol. The molecule has 182 valence electrons. The molecule has 2 aliphatic rings. The van der Waals surface area contributed by atoms with E-state index in [1.807, 2.05) is 30.0 Å². The summed E-state index contributed by atoms with van der Waals surface area (Å²) in [5.74, 6) is 0.467. The number of benzene rings is 1. The van der Waals surface area contributed by atoms with Gasteiger partial charge in [-0.3, -0.25) is 9.78 Å². The lowest BCUT2D eigenvalue weighted by Crippen LogP contribution is -2.47. The smallest absolute Gasteiger partial charge is 0.336 e. The van der Waals surface area contributed by atoms with Crippen LogP contribution in [0.25, 0.3) is 11.4 Å². The maximum absolute atomic E-state index is 13.9. The van der Waals surface area contributed by atoms with Crippen molar-refractivity contribution < 1.29 is 18.0 Å². The minimum Gasteiger partial charge on any atom is -0.336 e. The number of piperidine rings is 1. The Labute approximate surface area is 202 Å². The first-order chi connectivity index (χ1) is 16.7. The predicted octanol–water partition coefficient (Wildman–Crippen LogP) is 5.88. The van der Waals surface area contributed by atoms with E-state index in [4.69, 9.17) is 0 Å². The fraction of sp³-hybridized carbons (Fsp3) is 0.407. The summed E-state index contributed by atoms with van der Waals surface area (Å²) < 4.78 is 38.6. The first-order valence-corrected chi connectivity index (χ1v) is 12.0. The molecular formula is C27H27F3N4O. The topological polar surface area (TPSA) is 59.0 Å². The molecule has 5 rings (SSSR count). The van der Waals surface area contributed by atoms with Gasteiger partial charge in [-0.05, 0) is 75.1 Å². The van der Waals surface area contributed by atoms with E-state index >= 15 is 0 Å². The molecular weight excluding hydrogens is 453 g/mol. The lowest BCUT2D eigenvalue weighted by Gasteiger charge is -2.40. The van der Waals surface area contributed by atoms with Crippen LogP contribution < -0.4 is 0 Å². The number of carbonyl (C=O) groups excluding carboxylic acids is 1. The molecule has 2 fully saturated rings. The lowest BCUT2D eigenvalue weighted by atomic mass is 9.85. The van der Waals surface area contributed by atoms with E-state index in [0.717, 1.165) is 30.7 Å². The number of hydrogen-bond donors (Lipinski definition) is 0. The molecule has 1 amide bonds. The Balaban J connectivity index is 1.38. The molecule has 0 bridgehead atoms. The van der Waals surface area contributed by atoms with Crippen molar-refractivity contribution >= 4 is 5.91 Å². The Morgan fingerprint density at radius 2 is 1.86 bits per heavy atom. The van der Waals surface area contributed by atoms with Crippen molar-refractivity contribution in [3.8, 4) is 11.4 Å². The highest BCUT2D eigenvalue weighted by molar-refractivity contribution is 6.00. The van der Waals surface area contributed by atoms with Gasteiger partial charge in [-0.2, -0.15) is 13.2 Å². The maximum Gasteiger partial charge on any atom is 0.417 e. The van der Waals surface area contributed by atoms with Crippen LogP contribution in [0.1, 0.15) is 59.3 Å². The third kappa shape index (κ3) is 5.06. The zero-order valence-corrected chi connectivity index (χ0v) is 19.6. The number of carbonyl (C=O) groups is 1. The average Bonchev–Trinajstić information content (AvgIpc) is 3.61. The molecule has 2 aromatic heterocycles. The van der Waals surface area contributed by atoms with Gasteiger partial charge >= 0.3 is 6.18 Å². The van der Waals surface area contributed by atoms with Gasteiger partial charge in [0, 0.05) is 42.4 Å². The summed E-state index contributed by atoms with van der Waals surface area (Å²) in [6, 6.07) is 10.0. The third-order valence-corrected chi connectivity index (χ3v) is 7.31. The zero-order chi connectivity index (χ0) is 24.6. The number of alkyl halides is 3. The summed E-state index contributed by atoms with van der Waals surface area (Å²) in [7, 11) is 0. The fourth-order valence-corrected chi connectivity index (χ4v) is 5.09. The second kappa shape index (κ2) is 9.06. The minimum absolute atomic E-state index is 0.00731. The molecule has 1 atom stereocenters. The monoisotopic (exact) mass is 480 g/mol. The van der Waals surface area contributed by atoms with Crippen LogP contribution in [0.2, 0.25) is 0 Å². The molecule has 0 radical (unpaired) electrons. The number of hydrogen-bond acceptors (Lipinski definition) is 4. The van der Waals surface area contributed by atoms with Crippen LogP contribution in [-0.4, -0.2) is 38.3 Å². The molecule has 1 saturated heterocycles.